The molecule has 1 N–H and O–H groups in total. The zero-order chi connectivity index (χ0) is 16.4. The van der Waals surface area contributed by atoms with Crippen molar-refractivity contribution < 1.29 is 9.21 Å². The van der Waals surface area contributed by atoms with Gasteiger partial charge in [-0.15, -0.1) is 0 Å². The van der Waals surface area contributed by atoms with Gasteiger partial charge in [-0.3, -0.25) is 4.79 Å². The Morgan fingerprint density at radius 3 is 2.43 bits per heavy atom. The van der Waals surface area contributed by atoms with Gasteiger partial charge in [-0.2, -0.15) is 0 Å². The fourth-order valence-electron chi connectivity index (χ4n) is 2.06. The molecular formula is C17H12Cl2N2O2. The third-order valence-corrected chi connectivity index (χ3v) is 3.98. The Balaban J connectivity index is 1.75. The van der Waals surface area contributed by atoms with E-state index in [0.29, 0.717) is 27.2 Å². The van der Waals surface area contributed by atoms with Crippen molar-refractivity contribution in [2.45, 2.75) is 6.92 Å². The molecular weight excluding hydrogens is 335 g/mol. The molecule has 23 heavy (non-hydrogen) atoms. The zero-order valence-electron chi connectivity index (χ0n) is 12.1. The summed E-state index contributed by atoms with van der Waals surface area (Å²) < 4.78 is 5.19. The number of amides is 1. The Labute approximate surface area is 143 Å². The van der Waals surface area contributed by atoms with E-state index < -0.39 is 0 Å². The number of rotatable bonds is 3. The molecule has 0 unspecified atom stereocenters. The molecule has 4 nitrogen and oxygen atoms in total. The number of nitrogens with one attached hydrogen (secondary N) is 1. The summed E-state index contributed by atoms with van der Waals surface area (Å²) in [5.74, 6) is 0.352. The predicted molar refractivity (Wildman–Crippen MR) is 91.1 cm³/mol. The summed E-state index contributed by atoms with van der Waals surface area (Å²) in [5.41, 5.74) is 2.78. The van der Waals surface area contributed by atoms with Crippen molar-refractivity contribution in [1.29, 1.82) is 0 Å². The fourth-order valence-corrected chi connectivity index (χ4v) is 2.36. The summed E-state index contributed by atoms with van der Waals surface area (Å²) in [6, 6.07) is 12.1. The third-order valence-electron chi connectivity index (χ3n) is 3.24. The summed E-state index contributed by atoms with van der Waals surface area (Å²) in [7, 11) is 0. The van der Waals surface area contributed by atoms with E-state index in [0.717, 1.165) is 11.3 Å². The van der Waals surface area contributed by atoms with Crippen LogP contribution in [0.4, 0.5) is 5.69 Å². The van der Waals surface area contributed by atoms with Crippen LogP contribution in [0.3, 0.4) is 0 Å². The van der Waals surface area contributed by atoms with Crippen LogP contribution >= 0.6 is 23.2 Å². The van der Waals surface area contributed by atoms with Crippen LogP contribution in [-0.2, 0) is 0 Å². The lowest BCUT2D eigenvalue weighted by Gasteiger charge is -2.07. The van der Waals surface area contributed by atoms with Crippen LogP contribution in [0.2, 0.25) is 10.0 Å². The van der Waals surface area contributed by atoms with Gasteiger partial charge in [0.15, 0.2) is 5.89 Å². The van der Waals surface area contributed by atoms with Gasteiger partial charge < -0.3 is 9.73 Å². The monoisotopic (exact) mass is 346 g/mol. The van der Waals surface area contributed by atoms with E-state index in [1.165, 1.54) is 6.07 Å². The average molecular weight is 347 g/mol. The minimum absolute atomic E-state index is 0.256. The minimum atomic E-state index is -0.256. The van der Waals surface area contributed by atoms with Gasteiger partial charge >= 0.3 is 0 Å². The summed E-state index contributed by atoms with van der Waals surface area (Å²) in [5, 5.41) is 3.56. The molecule has 0 aliphatic heterocycles. The largest absolute Gasteiger partial charge is 0.449 e. The van der Waals surface area contributed by atoms with Crippen LogP contribution in [0.15, 0.2) is 53.1 Å². The summed E-state index contributed by atoms with van der Waals surface area (Å²) in [6.45, 7) is 1.79. The Kier molecular flexibility index (Phi) is 4.37. The first-order valence-corrected chi connectivity index (χ1v) is 7.57. The maximum atomic E-state index is 12.2. The number of aryl methyl sites for hydroxylation is 1. The van der Waals surface area contributed by atoms with E-state index in [9.17, 15) is 4.79 Å². The molecule has 1 aromatic heterocycles. The van der Waals surface area contributed by atoms with Gasteiger partial charge in [0.05, 0.1) is 10.0 Å². The quantitative estimate of drug-likeness (QED) is 0.708. The number of oxazole rings is 1. The number of aromatic nitrogens is 1. The van der Waals surface area contributed by atoms with Crippen LogP contribution < -0.4 is 5.32 Å². The lowest BCUT2D eigenvalue weighted by Crippen LogP contribution is -2.11. The molecule has 1 amide bonds. The smallest absolute Gasteiger partial charge is 0.255 e. The number of carbonyl (C=O) groups excluding carboxylic acids is 1. The molecule has 0 radical (unpaired) electrons. The highest BCUT2D eigenvalue weighted by molar-refractivity contribution is 6.42. The molecule has 0 aliphatic carbocycles. The molecule has 0 aliphatic rings. The van der Waals surface area contributed by atoms with E-state index >= 15 is 0 Å². The molecule has 0 spiro atoms. The summed E-state index contributed by atoms with van der Waals surface area (Å²) in [4.78, 5) is 16.5. The molecule has 3 aromatic rings. The number of carbonyl (C=O) groups is 1. The number of halogens is 2. The van der Waals surface area contributed by atoms with Crippen LogP contribution in [0.25, 0.3) is 11.3 Å². The maximum Gasteiger partial charge on any atom is 0.255 e. The van der Waals surface area contributed by atoms with Crippen LogP contribution in [0, 0.1) is 6.92 Å². The topological polar surface area (TPSA) is 55.1 Å². The maximum absolute atomic E-state index is 12.2. The van der Waals surface area contributed by atoms with E-state index in [2.05, 4.69) is 10.3 Å². The van der Waals surface area contributed by atoms with Gasteiger partial charge in [0.25, 0.3) is 5.91 Å². The van der Waals surface area contributed by atoms with Crippen molar-refractivity contribution in [3.63, 3.8) is 0 Å². The standard InChI is InChI=1S/C17H12Cl2N2O2/c1-10-20-16(9-23-10)11-2-5-13(6-3-11)21-17(22)12-4-7-14(18)15(19)8-12/h2-9H,1H3,(H,21,22). The highest BCUT2D eigenvalue weighted by Crippen LogP contribution is 2.24. The molecule has 0 saturated carbocycles. The Hall–Kier alpha value is -2.30. The van der Waals surface area contributed by atoms with Gasteiger partial charge in [-0.1, -0.05) is 35.3 Å². The molecule has 1 heterocycles. The highest BCUT2D eigenvalue weighted by Gasteiger charge is 2.09. The van der Waals surface area contributed by atoms with Crippen LogP contribution in [-0.4, -0.2) is 10.9 Å². The average Bonchev–Trinajstić information content (AvgIpc) is 2.97. The number of anilines is 1. The van der Waals surface area contributed by atoms with E-state index in [1.807, 2.05) is 12.1 Å². The predicted octanol–water partition coefficient (Wildman–Crippen LogP) is 5.21. The normalized spacial score (nSPS) is 10.6. The minimum Gasteiger partial charge on any atom is -0.449 e. The van der Waals surface area contributed by atoms with Gasteiger partial charge in [0.2, 0.25) is 0 Å². The molecule has 6 heteroatoms. The van der Waals surface area contributed by atoms with Gasteiger partial charge in [-0.05, 0) is 30.3 Å². The Bertz CT molecular complexity index is 857. The first-order chi connectivity index (χ1) is 11.0. The third kappa shape index (κ3) is 3.55. The molecule has 3 rings (SSSR count). The molecule has 0 saturated heterocycles. The van der Waals surface area contributed by atoms with Crippen molar-refractivity contribution in [3.8, 4) is 11.3 Å². The van der Waals surface area contributed by atoms with Crippen molar-refractivity contribution in [3.05, 3.63) is 70.2 Å². The first kappa shape index (κ1) is 15.6. The van der Waals surface area contributed by atoms with Gasteiger partial charge in [0.1, 0.15) is 12.0 Å². The molecule has 0 bridgehead atoms. The van der Waals surface area contributed by atoms with Gasteiger partial charge in [-0.25, -0.2) is 4.98 Å². The lowest BCUT2D eigenvalue weighted by molar-refractivity contribution is 0.102. The number of hydrogen-bond donors (Lipinski definition) is 1. The van der Waals surface area contributed by atoms with E-state index in [1.54, 1.807) is 37.5 Å². The SMILES string of the molecule is Cc1nc(-c2ccc(NC(=O)c3ccc(Cl)c(Cl)c3)cc2)co1. The highest BCUT2D eigenvalue weighted by atomic mass is 35.5. The molecule has 2 aromatic carbocycles. The van der Waals surface area contributed by atoms with Gasteiger partial charge in [0, 0.05) is 23.7 Å². The second-order valence-corrected chi connectivity index (χ2v) is 5.73. The van der Waals surface area contributed by atoms with E-state index in [4.69, 9.17) is 27.6 Å². The summed E-state index contributed by atoms with van der Waals surface area (Å²) in [6.07, 6.45) is 1.60. The second kappa shape index (κ2) is 6.44. The number of nitrogens with zero attached hydrogens (tertiary/aromatic N) is 1. The zero-order valence-corrected chi connectivity index (χ0v) is 13.7. The summed E-state index contributed by atoms with van der Waals surface area (Å²) >= 11 is 11.8. The molecule has 116 valence electrons. The molecule has 0 fully saturated rings. The van der Waals surface area contributed by atoms with Crippen molar-refractivity contribution in [2.75, 3.05) is 5.32 Å². The van der Waals surface area contributed by atoms with Crippen molar-refractivity contribution in [1.82, 2.24) is 4.98 Å². The first-order valence-electron chi connectivity index (χ1n) is 6.82. The molecule has 0 atom stereocenters. The van der Waals surface area contributed by atoms with E-state index in [-0.39, 0.29) is 5.91 Å². The second-order valence-electron chi connectivity index (χ2n) is 4.91. The Morgan fingerprint density at radius 2 is 1.83 bits per heavy atom. The van der Waals surface area contributed by atoms with Crippen molar-refractivity contribution in [2.24, 2.45) is 0 Å². The van der Waals surface area contributed by atoms with Crippen LogP contribution in [0.1, 0.15) is 16.2 Å². The fraction of sp³-hybridized carbons (Fsp3) is 0.0588. The lowest BCUT2D eigenvalue weighted by atomic mass is 10.1. The van der Waals surface area contributed by atoms with Crippen molar-refractivity contribution >= 4 is 34.8 Å². The number of hydrogen-bond acceptors (Lipinski definition) is 3. The van der Waals surface area contributed by atoms with Crippen LogP contribution in [0.5, 0.6) is 0 Å². The Morgan fingerprint density at radius 1 is 1.09 bits per heavy atom. The number of benzene rings is 2.